The molecule has 6 nitrogen and oxygen atoms in total. The minimum Gasteiger partial charge on any atom is -0.376 e. The lowest BCUT2D eigenvalue weighted by Crippen LogP contribution is -2.57. The molecule has 3 aliphatic rings. The molecule has 3 fully saturated rings. The molecule has 0 aliphatic carbocycles. The molecule has 34 heavy (non-hydrogen) atoms. The van der Waals surface area contributed by atoms with Gasteiger partial charge in [0.2, 0.25) is 0 Å². The number of ether oxygens (including phenoxy) is 1. The van der Waals surface area contributed by atoms with Gasteiger partial charge >= 0.3 is 0 Å². The lowest BCUT2D eigenvalue weighted by atomic mass is 9.78. The predicted molar refractivity (Wildman–Crippen MR) is 135 cm³/mol. The molecule has 178 valence electrons. The van der Waals surface area contributed by atoms with E-state index < -0.39 is 0 Å². The Morgan fingerprint density at radius 2 is 1.94 bits per heavy atom. The van der Waals surface area contributed by atoms with E-state index in [1.807, 2.05) is 4.68 Å². The van der Waals surface area contributed by atoms with Crippen LogP contribution in [-0.2, 0) is 17.8 Å². The topological polar surface area (TPSA) is 46.4 Å². The van der Waals surface area contributed by atoms with E-state index in [0.29, 0.717) is 5.41 Å². The first kappa shape index (κ1) is 21.8. The summed E-state index contributed by atoms with van der Waals surface area (Å²) in [7, 11) is 0. The second-order valence-corrected chi connectivity index (χ2v) is 10.6. The van der Waals surface area contributed by atoms with E-state index in [-0.39, 0.29) is 6.10 Å². The zero-order valence-corrected chi connectivity index (χ0v) is 20.2. The third-order valence-electron chi connectivity index (χ3n) is 7.87. The zero-order valence-electron chi connectivity index (χ0n) is 20.2. The van der Waals surface area contributed by atoms with Crippen molar-refractivity contribution in [3.8, 4) is 11.3 Å². The van der Waals surface area contributed by atoms with Crippen LogP contribution in [0.15, 0.2) is 54.7 Å². The van der Waals surface area contributed by atoms with Gasteiger partial charge in [0.1, 0.15) is 5.69 Å². The first-order valence-electron chi connectivity index (χ1n) is 12.8. The molecule has 2 aromatic carbocycles. The van der Waals surface area contributed by atoms with Gasteiger partial charge in [-0.3, -0.25) is 4.90 Å². The molecular weight excluding hydrogens is 422 g/mol. The number of hydrogen-bond donors (Lipinski definition) is 0. The Labute approximate surface area is 202 Å². The van der Waals surface area contributed by atoms with Crippen molar-refractivity contribution < 1.29 is 4.74 Å². The molecule has 3 aliphatic heterocycles. The number of likely N-dealkylation sites (tertiary alicyclic amines) is 1. The van der Waals surface area contributed by atoms with Gasteiger partial charge in [-0.2, -0.15) is 0 Å². The summed E-state index contributed by atoms with van der Waals surface area (Å²) in [5, 5.41) is 8.83. The van der Waals surface area contributed by atoms with E-state index >= 15 is 0 Å². The normalized spacial score (nSPS) is 22.3. The molecule has 6 rings (SSSR count). The van der Waals surface area contributed by atoms with Crippen molar-refractivity contribution in [2.75, 3.05) is 37.7 Å². The van der Waals surface area contributed by atoms with Crippen LogP contribution in [0.4, 0.5) is 5.69 Å². The van der Waals surface area contributed by atoms with E-state index in [1.54, 1.807) is 0 Å². The van der Waals surface area contributed by atoms with Crippen LogP contribution < -0.4 is 4.90 Å². The highest BCUT2D eigenvalue weighted by Crippen LogP contribution is 2.42. The molecule has 4 heterocycles. The maximum atomic E-state index is 5.86. The number of aryl methyl sites for hydroxylation is 1. The molecule has 3 saturated heterocycles. The Kier molecular flexibility index (Phi) is 5.87. The molecule has 1 aromatic heterocycles. The highest BCUT2D eigenvalue weighted by molar-refractivity contribution is 5.67. The third-order valence-corrected chi connectivity index (χ3v) is 7.87. The van der Waals surface area contributed by atoms with E-state index in [9.17, 15) is 0 Å². The quantitative estimate of drug-likeness (QED) is 0.544. The van der Waals surface area contributed by atoms with Crippen LogP contribution in [0.1, 0.15) is 36.8 Å². The number of aromatic nitrogens is 3. The number of hydrogen-bond acceptors (Lipinski definition) is 5. The molecule has 0 amide bonds. The summed E-state index contributed by atoms with van der Waals surface area (Å²) in [6, 6.07) is 17.7. The summed E-state index contributed by atoms with van der Waals surface area (Å²) < 4.78 is 7.80. The largest absolute Gasteiger partial charge is 0.376 e. The van der Waals surface area contributed by atoms with Crippen molar-refractivity contribution in [3.63, 3.8) is 0 Å². The molecule has 0 N–H and O–H groups in total. The van der Waals surface area contributed by atoms with Crippen molar-refractivity contribution in [1.29, 1.82) is 0 Å². The fraction of sp³-hybridized carbons (Fsp3) is 0.500. The number of rotatable bonds is 6. The lowest BCUT2D eigenvalue weighted by molar-refractivity contribution is 0.00370. The van der Waals surface area contributed by atoms with Crippen LogP contribution in [0.5, 0.6) is 0 Å². The molecule has 0 bridgehead atoms. The van der Waals surface area contributed by atoms with E-state index in [0.717, 1.165) is 44.9 Å². The zero-order chi connectivity index (χ0) is 23.0. The maximum absolute atomic E-state index is 5.86. The SMILES string of the molecule is Cc1cc(N2CC3(CCN(Cc4ccccc4)C3)C2)ccc1-c1cn(CC2CCCCO2)nn1. The second kappa shape index (κ2) is 9.16. The third kappa shape index (κ3) is 4.49. The summed E-state index contributed by atoms with van der Waals surface area (Å²) in [4.78, 5) is 5.17. The first-order valence-corrected chi connectivity index (χ1v) is 12.8. The Balaban J connectivity index is 1.06. The fourth-order valence-corrected chi connectivity index (χ4v) is 6.01. The van der Waals surface area contributed by atoms with Crippen LogP contribution >= 0.6 is 0 Å². The van der Waals surface area contributed by atoms with Crippen molar-refractivity contribution in [1.82, 2.24) is 19.9 Å². The Morgan fingerprint density at radius 3 is 2.74 bits per heavy atom. The lowest BCUT2D eigenvalue weighted by Gasteiger charge is -2.49. The van der Waals surface area contributed by atoms with Gasteiger partial charge in [-0.15, -0.1) is 5.10 Å². The monoisotopic (exact) mass is 457 g/mol. The van der Waals surface area contributed by atoms with Crippen molar-refractivity contribution in [2.24, 2.45) is 5.41 Å². The molecule has 1 unspecified atom stereocenters. The summed E-state index contributed by atoms with van der Waals surface area (Å²) in [6.45, 7) is 9.67. The second-order valence-electron chi connectivity index (χ2n) is 10.6. The Hall–Kier alpha value is -2.70. The Bertz CT molecular complexity index is 1110. The predicted octanol–water partition coefficient (Wildman–Crippen LogP) is 4.53. The fourth-order valence-electron chi connectivity index (χ4n) is 6.01. The molecule has 3 aromatic rings. The minimum absolute atomic E-state index is 0.268. The van der Waals surface area contributed by atoms with Crippen LogP contribution in [-0.4, -0.2) is 58.8 Å². The van der Waals surface area contributed by atoms with E-state index in [2.05, 4.69) is 81.8 Å². The van der Waals surface area contributed by atoms with Gasteiger partial charge in [-0.25, -0.2) is 4.68 Å². The Morgan fingerprint density at radius 1 is 1.06 bits per heavy atom. The smallest absolute Gasteiger partial charge is 0.113 e. The molecule has 0 saturated carbocycles. The van der Waals surface area contributed by atoms with Crippen LogP contribution in [0.25, 0.3) is 11.3 Å². The van der Waals surface area contributed by atoms with E-state index in [1.165, 1.54) is 54.7 Å². The van der Waals surface area contributed by atoms with Crippen molar-refractivity contribution in [3.05, 3.63) is 65.9 Å². The standard InChI is InChI=1S/C28H35N5O/c1-22-15-24(10-11-26(22)27-18-33(30-29-27)17-25-9-5-6-14-34-25)32-20-28(21-32)12-13-31(19-28)16-23-7-3-2-4-8-23/h2-4,7-8,10-11,15,18,25H,5-6,9,12-14,16-17,19-21H2,1H3. The van der Waals surface area contributed by atoms with Gasteiger partial charge in [-0.05, 0) is 62.4 Å². The van der Waals surface area contributed by atoms with Crippen LogP contribution in [0.2, 0.25) is 0 Å². The minimum atomic E-state index is 0.268. The molecule has 1 atom stereocenters. The highest BCUT2D eigenvalue weighted by atomic mass is 16.5. The first-order chi connectivity index (χ1) is 16.7. The van der Waals surface area contributed by atoms with Gasteiger partial charge in [0.05, 0.1) is 18.8 Å². The average molecular weight is 458 g/mol. The summed E-state index contributed by atoms with van der Waals surface area (Å²) in [5.74, 6) is 0. The number of nitrogens with zero attached hydrogens (tertiary/aromatic N) is 5. The number of anilines is 1. The van der Waals surface area contributed by atoms with Crippen molar-refractivity contribution in [2.45, 2.75) is 51.8 Å². The molecule has 1 spiro atoms. The van der Waals surface area contributed by atoms with Gasteiger partial charge in [0.15, 0.2) is 0 Å². The van der Waals surface area contributed by atoms with E-state index in [4.69, 9.17) is 4.74 Å². The number of benzene rings is 2. The van der Waals surface area contributed by atoms with Gasteiger partial charge in [-0.1, -0.05) is 41.6 Å². The molecule has 6 heteroatoms. The maximum Gasteiger partial charge on any atom is 0.113 e. The van der Waals surface area contributed by atoms with Crippen molar-refractivity contribution >= 4 is 5.69 Å². The van der Waals surface area contributed by atoms with Crippen LogP contribution in [0.3, 0.4) is 0 Å². The van der Waals surface area contributed by atoms with Gasteiger partial charge in [0, 0.05) is 49.5 Å². The molecular formula is C28H35N5O. The average Bonchev–Trinajstić information content (AvgIpc) is 3.47. The summed E-state index contributed by atoms with van der Waals surface area (Å²) in [5.41, 5.74) is 6.60. The van der Waals surface area contributed by atoms with Gasteiger partial charge in [0.25, 0.3) is 0 Å². The highest BCUT2D eigenvalue weighted by Gasteiger charge is 2.47. The summed E-state index contributed by atoms with van der Waals surface area (Å²) in [6.07, 6.45) is 7.18. The molecule has 0 radical (unpaired) electrons. The van der Waals surface area contributed by atoms with Crippen LogP contribution in [0, 0.1) is 12.3 Å². The van der Waals surface area contributed by atoms with Gasteiger partial charge < -0.3 is 9.64 Å². The summed E-state index contributed by atoms with van der Waals surface area (Å²) >= 11 is 0.